The Bertz CT molecular complexity index is 375. The molecule has 1 atom stereocenters. The van der Waals surface area contributed by atoms with Crippen molar-refractivity contribution in [2.24, 2.45) is 5.73 Å². The standard InChI is InChI=1S/C15H23NO3/c1-3-10-19-13-8-6-12(7-9-13)15(17)14(16)5-4-11-18-2/h6-9,14H,3-5,10-11,16H2,1-2H3. The maximum Gasteiger partial charge on any atom is 0.179 e. The molecule has 0 radical (unpaired) electrons. The Morgan fingerprint density at radius 2 is 1.95 bits per heavy atom. The summed E-state index contributed by atoms with van der Waals surface area (Å²) in [4.78, 5) is 12.1. The van der Waals surface area contributed by atoms with E-state index in [-0.39, 0.29) is 5.78 Å². The van der Waals surface area contributed by atoms with Crippen LogP contribution in [0, 0.1) is 0 Å². The fourth-order valence-electron chi connectivity index (χ4n) is 1.73. The Kier molecular flexibility index (Phi) is 7.15. The normalized spacial score (nSPS) is 12.2. The number of hydrogen-bond acceptors (Lipinski definition) is 4. The van der Waals surface area contributed by atoms with Crippen molar-refractivity contribution in [1.82, 2.24) is 0 Å². The third-order valence-corrected chi connectivity index (χ3v) is 2.81. The highest BCUT2D eigenvalue weighted by atomic mass is 16.5. The fourth-order valence-corrected chi connectivity index (χ4v) is 1.73. The summed E-state index contributed by atoms with van der Waals surface area (Å²) < 4.78 is 10.4. The van der Waals surface area contributed by atoms with Crippen molar-refractivity contribution in [2.75, 3.05) is 20.3 Å². The molecule has 1 rings (SSSR count). The lowest BCUT2D eigenvalue weighted by atomic mass is 10.0. The van der Waals surface area contributed by atoms with E-state index < -0.39 is 6.04 Å². The molecule has 0 bridgehead atoms. The highest BCUT2D eigenvalue weighted by Crippen LogP contribution is 2.14. The first-order valence-electron chi connectivity index (χ1n) is 6.70. The zero-order valence-corrected chi connectivity index (χ0v) is 11.7. The minimum atomic E-state index is -0.461. The van der Waals surface area contributed by atoms with Gasteiger partial charge in [0.2, 0.25) is 0 Å². The van der Waals surface area contributed by atoms with Crippen LogP contribution in [0.5, 0.6) is 5.75 Å². The number of carbonyl (C=O) groups is 1. The first-order chi connectivity index (χ1) is 9.19. The molecule has 0 amide bonds. The Morgan fingerprint density at radius 3 is 2.53 bits per heavy atom. The van der Waals surface area contributed by atoms with Gasteiger partial charge >= 0.3 is 0 Å². The molecule has 1 aromatic carbocycles. The van der Waals surface area contributed by atoms with Gasteiger partial charge in [0, 0.05) is 19.3 Å². The summed E-state index contributed by atoms with van der Waals surface area (Å²) in [5.41, 5.74) is 6.51. The van der Waals surface area contributed by atoms with Gasteiger partial charge in [-0.3, -0.25) is 4.79 Å². The number of methoxy groups -OCH3 is 1. The van der Waals surface area contributed by atoms with Crippen LogP contribution in [0.3, 0.4) is 0 Å². The molecule has 0 heterocycles. The Balaban J connectivity index is 2.52. The molecule has 0 fully saturated rings. The van der Waals surface area contributed by atoms with Gasteiger partial charge < -0.3 is 15.2 Å². The van der Waals surface area contributed by atoms with Gasteiger partial charge in [-0.25, -0.2) is 0 Å². The van der Waals surface area contributed by atoms with Crippen molar-refractivity contribution in [1.29, 1.82) is 0 Å². The Labute approximate surface area is 114 Å². The maximum absolute atomic E-state index is 12.1. The van der Waals surface area contributed by atoms with Gasteiger partial charge in [-0.05, 0) is 43.5 Å². The predicted octanol–water partition coefficient (Wildman–Crippen LogP) is 2.41. The zero-order valence-electron chi connectivity index (χ0n) is 11.7. The number of ether oxygens (including phenoxy) is 2. The zero-order chi connectivity index (χ0) is 14.1. The third-order valence-electron chi connectivity index (χ3n) is 2.81. The van der Waals surface area contributed by atoms with Gasteiger partial charge in [-0.1, -0.05) is 6.92 Å². The van der Waals surface area contributed by atoms with Crippen LogP contribution in [0.25, 0.3) is 0 Å². The van der Waals surface area contributed by atoms with E-state index in [0.717, 1.165) is 18.6 Å². The highest BCUT2D eigenvalue weighted by Gasteiger charge is 2.15. The number of hydrogen-bond donors (Lipinski definition) is 1. The smallest absolute Gasteiger partial charge is 0.179 e. The molecule has 4 nitrogen and oxygen atoms in total. The van der Waals surface area contributed by atoms with Crippen molar-refractivity contribution in [3.05, 3.63) is 29.8 Å². The molecule has 0 aliphatic carbocycles. The molecule has 0 spiro atoms. The van der Waals surface area contributed by atoms with Crippen molar-refractivity contribution < 1.29 is 14.3 Å². The lowest BCUT2D eigenvalue weighted by molar-refractivity contribution is 0.0950. The lowest BCUT2D eigenvalue weighted by Gasteiger charge is -2.11. The third kappa shape index (κ3) is 5.41. The second-order valence-corrected chi connectivity index (χ2v) is 4.48. The number of ketones is 1. The van der Waals surface area contributed by atoms with Gasteiger partial charge in [-0.15, -0.1) is 0 Å². The molecule has 1 aromatic rings. The number of nitrogens with two attached hydrogens (primary N) is 1. The molecular weight excluding hydrogens is 242 g/mol. The molecule has 4 heteroatoms. The first kappa shape index (κ1) is 15.7. The highest BCUT2D eigenvalue weighted by molar-refractivity contribution is 6.00. The monoisotopic (exact) mass is 265 g/mol. The summed E-state index contributed by atoms with van der Waals surface area (Å²) >= 11 is 0. The van der Waals surface area contributed by atoms with Crippen LogP contribution < -0.4 is 10.5 Å². The molecule has 0 aromatic heterocycles. The second-order valence-electron chi connectivity index (χ2n) is 4.48. The molecular formula is C15H23NO3. The van der Waals surface area contributed by atoms with Crippen molar-refractivity contribution in [3.63, 3.8) is 0 Å². The largest absolute Gasteiger partial charge is 0.494 e. The molecule has 0 saturated heterocycles. The van der Waals surface area contributed by atoms with E-state index in [1.54, 1.807) is 19.2 Å². The average Bonchev–Trinajstić information content (AvgIpc) is 2.45. The van der Waals surface area contributed by atoms with Crippen LogP contribution in [0.1, 0.15) is 36.5 Å². The average molecular weight is 265 g/mol. The van der Waals surface area contributed by atoms with E-state index in [2.05, 4.69) is 6.92 Å². The molecule has 2 N–H and O–H groups in total. The van der Waals surface area contributed by atoms with E-state index in [1.807, 2.05) is 12.1 Å². The van der Waals surface area contributed by atoms with Crippen LogP contribution in [0.2, 0.25) is 0 Å². The number of benzene rings is 1. The van der Waals surface area contributed by atoms with Gasteiger partial charge in [0.05, 0.1) is 12.6 Å². The topological polar surface area (TPSA) is 61.5 Å². The number of carbonyl (C=O) groups excluding carboxylic acids is 1. The van der Waals surface area contributed by atoms with Gasteiger partial charge in [-0.2, -0.15) is 0 Å². The summed E-state index contributed by atoms with van der Waals surface area (Å²) in [7, 11) is 1.64. The summed E-state index contributed by atoms with van der Waals surface area (Å²) in [5, 5.41) is 0. The molecule has 0 aliphatic heterocycles. The van der Waals surface area contributed by atoms with E-state index in [0.29, 0.717) is 25.2 Å². The van der Waals surface area contributed by atoms with E-state index in [9.17, 15) is 4.79 Å². The first-order valence-corrected chi connectivity index (χ1v) is 6.70. The van der Waals surface area contributed by atoms with Crippen LogP contribution in [-0.4, -0.2) is 32.1 Å². The summed E-state index contributed by atoms with van der Waals surface area (Å²) in [5.74, 6) is 0.754. The minimum absolute atomic E-state index is 0.0295. The number of Topliss-reactive ketones (excluding diaryl/α,β-unsaturated/α-hetero) is 1. The quantitative estimate of drug-likeness (QED) is 0.550. The maximum atomic E-state index is 12.1. The van der Waals surface area contributed by atoms with Gasteiger partial charge in [0.25, 0.3) is 0 Å². The van der Waals surface area contributed by atoms with Crippen LogP contribution in [-0.2, 0) is 4.74 Å². The van der Waals surface area contributed by atoms with Crippen LogP contribution in [0.4, 0.5) is 0 Å². The fraction of sp³-hybridized carbons (Fsp3) is 0.533. The summed E-state index contributed by atoms with van der Waals surface area (Å²) in [6, 6.07) is 6.69. The molecule has 19 heavy (non-hydrogen) atoms. The minimum Gasteiger partial charge on any atom is -0.494 e. The van der Waals surface area contributed by atoms with Crippen LogP contribution >= 0.6 is 0 Å². The van der Waals surface area contributed by atoms with Crippen LogP contribution in [0.15, 0.2) is 24.3 Å². The lowest BCUT2D eigenvalue weighted by Crippen LogP contribution is -2.30. The van der Waals surface area contributed by atoms with Gasteiger partial charge in [0.1, 0.15) is 5.75 Å². The summed E-state index contributed by atoms with van der Waals surface area (Å²) in [6.45, 7) is 3.37. The van der Waals surface area contributed by atoms with E-state index in [1.165, 1.54) is 0 Å². The molecule has 0 saturated carbocycles. The van der Waals surface area contributed by atoms with Gasteiger partial charge in [0.15, 0.2) is 5.78 Å². The Hall–Kier alpha value is -1.39. The van der Waals surface area contributed by atoms with E-state index >= 15 is 0 Å². The second kappa shape index (κ2) is 8.67. The molecule has 0 aliphatic rings. The molecule has 1 unspecified atom stereocenters. The molecule has 106 valence electrons. The SMILES string of the molecule is CCCOc1ccc(C(=O)C(N)CCCOC)cc1. The Morgan fingerprint density at radius 1 is 1.26 bits per heavy atom. The predicted molar refractivity (Wildman–Crippen MR) is 75.6 cm³/mol. The van der Waals surface area contributed by atoms with Crippen molar-refractivity contribution in [3.8, 4) is 5.75 Å². The van der Waals surface area contributed by atoms with Crippen molar-refractivity contribution in [2.45, 2.75) is 32.2 Å². The summed E-state index contributed by atoms with van der Waals surface area (Å²) in [6.07, 6.45) is 2.40. The van der Waals surface area contributed by atoms with E-state index in [4.69, 9.17) is 15.2 Å². The number of rotatable bonds is 9. The van der Waals surface area contributed by atoms with Crippen molar-refractivity contribution >= 4 is 5.78 Å².